The summed E-state index contributed by atoms with van der Waals surface area (Å²) >= 11 is 0. The molecule has 0 radical (unpaired) electrons. The van der Waals surface area contributed by atoms with E-state index in [-0.39, 0.29) is 5.92 Å². The molecule has 1 aliphatic carbocycles. The van der Waals surface area contributed by atoms with E-state index in [0.29, 0.717) is 13.2 Å². The summed E-state index contributed by atoms with van der Waals surface area (Å²) in [6, 6.07) is 16.7. The maximum atomic E-state index is 12.7. The number of nitrogens with one attached hydrogen (secondary N) is 1. The number of hydrogen-bond acceptors (Lipinski definition) is 3. The van der Waals surface area contributed by atoms with Crippen LogP contribution in [-0.2, 0) is 11.3 Å². The molecule has 0 aromatic heterocycles. The van der Waals surface area contributed by atoms with Crippen LogP contribution >= 0.6 is 0 Å². The van der Waals surface area contributed by atoms with Crippen LogP contribution in [0.1, 0.15) is 44.9 Å². The minimum Gasteiger partial charge on any atom is -0.449 e. The van der Waals surface area contributed by atoms with Gasteiger partial charge in [0.1, 0.15) is 14.7 Å². The second-order valence-corrected chi connectivity index (χ2v) is 15.1. The lowest BCUT2D eigenvalue weighted by atomic mass is 9.92. The minimum absolute atomic E-state index is 0.0371. The largest absolute Gasteiger partial charge is 0.449 e. The predicted molar refractivity (Wildman–Crippen MR) is 147 cm³/mol. The Kier molecular flexibility index (Phi) is 6.78. The Balaban J connectivity index is 1.49. The summed E-state index contributed by atoms with van der Waals surface area (Å²) in [7, 11) is -1.54. The lowest BCUT2D eigenvalue weighted by Crippen LogP contribution is -2.26. The molecule has 1 amide bonds. The van der Waals surface area contributed by atoms with Gasteiger partial charge in [-0.2, -0.15) is 0 Å². The average molecular weight is 483 g/mol. The molecule has 1 aliphatic rings. The number of hydrogen-bond donors (Lipinski definition) is 2. The molecule has 3 N–H and O–H groups in total. The van der Waals surface area contributed by atoms with E-state index in [1.165, 1.54) is 22.3 Å². The molecule has 4 rings (SSSR count). The van der Waals surface area contributed by atoms with Crippen molar-refractivity contribution in [3.63, 3.8) is 0 Å². The fraction of sp³-hybridized carbons (Fsp3) is 0.300. The van der Waals surface area contributed by atoms with E-state index in [2.05, 4.69) is 67.6 Å². The first-order chi connectivity index (χ1) is 16.6. The first-order valence-electron chi connectivity index (χ1n) is 12.1. The van der Waals surface area contributed by atoms with Gasteiger partial charge in [-0.3, -0.25) is 0 Å². The van der Waals surface area contributed by atoms with E-state index in [1.807, 2.05) is 38.1 Å². The van der Waals surface area contributed by atoms with Crippen molar-refractivity contribution in [2.75, 3.05) is 12.3 Å². The van der Waals surface area contributed by atoms with Gasteiger partial charge < -0.3 is 15.8 Å². The number of alkyl carbamates (subject to hydrolysis) is 1. The van der Waals surface area contributed by atoms with E-state index in [9.17, 15) is 4.79 Å². The molecular weight excluding hydrogens is 448 g/mol. The van der Waals surface area contributed by atoms with Gasteiger partial charge in [0.15, 0.2) is 0 Å². The van der Waals surface area contributed by atoms with Crippen molar-refractivity contribution in [2.45, 2.75) is 52.9 Å². The Labute approximate surface area is 209 Å². The zero-order valence-corrected chi connectivity index (χ0v) is 22.5. The van der Waals surface area contributed by atoms with Crippen LogP contribution in [0.3, 0.4) is 0 Å². The third-order valence-electron chi connectivity index (χ3n) is 6.78. The van der Waals surface area contributed by atoms with Gasteiger partial charge in [-0.05, 0) is 65.3 Å². The molecule has 180 valence electrons. The van der Waals surface area contributed by atoms with Crippen molar-refractivity contribution < 1.29 is 9.53 Å². The highest BCUT2D eigenvalue weighted by Crippen LogP contribution is 2.44. The fourth-order valence-electron chi connectivity index (χ4n) is 4.80. The van der Waals surface area contributed by atoms with Crippen LogP contribution in [0.15, 0.2) is 48.5 Å². The summed E-state index contributed by atoms with van der Waals surface area (Å²) in [6.07, 6.45) is -0.431. The van der Waals surface area contributed by atoms with Gasteiger partial charge in [-0.25, -0.2) is 4.79 Å². The van der Waals surface area contributed by atoms with Crippen molar-refractivity contribution in [2.24, 2.45) is 0 Å². The van der Waals surface area contributed by atoms with E-state index in [4.69, 9.17) is 10.5 Å². The number of nitrogen functional groups attached to an aromatic ring is 1. The third-order valence-corrected chi connectivity index (χ3v) is 7.65. The number of nitrogens with two attached hydrogens (primary N) is 1. The van der Waals surface area contributed by atoms with Crippen LogP contribution in [-0.4, -0.2) is 20.8 Å². The molecule has 0 heterocycles. The summed E-state index contributed by atoms with van der Waals surface area (Å²) < 4.78 is 5.71. The number of carbonyl (C=O) groups is 1. The van der Waals surface area contributed by atoms with Gasteiger partial charge in [0.25, 0.3) is 0 Å². The minimum atomic E-state index is -1.54. The smallest absolute Gasteiger partial charge is 0.407 e. The molecule has 0 aliphatic heterocycles. The Morgan fingerprint density at radius 2 is 1.51 bits per heavy atom. The van der Waals surface area contributed by atoms with Gasteiger partial charge in [-0.1, -0.05) is 74.1 Å². The first-order valence-corrected chi connectivity index (χ1v) is 15.6. The average Bonchev–Trinajstić information content (AvgIpc) is 3.14. The fourth-order valence-corrected chi connectivity index (χ4v) is 5.30. The molecule has 0 bridgehead atoms. The van der Waals surface area contributed by atoms with Crippen LogP contribution in [0.2, 0.25) is 19.6 Å². The third kappa shape index (κ3) is 4.99. The normalized spacial score (nSPS) is 12.4. The monoisotopic (exact) mass is 482 g/mol. The SMILES string of the molecule is Cc1c(N)c(C)c(CNC(=O)OCC2c3ccccc3-c3ccccc32)c(C)c1C#C[Si](C)(C)C. The second-order valence-electron chi connectivity index (χ2n) is 10.3. The number of benzene rings is 3. The van der Waals surface area contributed by atoms with Gasteiger partial charge in [0, 0.05) is 23.7 Å². The van der Waals surface area contributed by atoms with Gasteiger partial charge in [-0.15, -0.1) is 5.54 Å². The maximum absolute atomic E-state index is 12.7. The summed E-state index contributed by atoms with van der Waals surface area (Å²) in [5, 5.41) is 2.94. The van der Waals surface area contributed by atoms with E-state index in [1.54, 1.807) is 0 Å². The van der Waals surface area contributed by atoms with Crippen molar-refractivity contribution in [3.05, 3.63) is 87.5 Å². The maximum Gasteiger partial charge on any atom is 0.407 e. The predicted octanol–water partition coefficient (Wildman–Crippen LogP) is 6.46. The van der Waals surface area contributed by atoms with Crippen LogP contribution in [0.5, 0.6) is 0 Å². The molecule has 0 unspecified atom stereocenters. The lowest BCUT2D eigenvalue weighted by Gasteiger charge is -2.19. The Hall–Kier alpha value is -3.49. The van der Waals surface area contributed by atoms with Crippen molar-refractivity contribution in [1.29, 1.82) is 0 Å². The molecule has 5 heteroatoms. The van der Waals surface area contributed by atoms with Crippen LogP contribution in [0, 0.1) is 32.2 Å². The van der Waals surface area contributed by atoms with Crippen LogP contribution < -0.4 is 11.1 Å². The molecule has 35 heavy (non-hydrogen) atoms. The van der Waals surface area contributed by atoms with Gasteiger partial charge in [0.05, 0.1) is 0 Å². The highest BCUT2D eigenvalue weighted by atomic mass is 28.3. The van der Waals surface area contributed by atoms with Crippen LogP contribution in [0.4, 0.5) is 10.5 Å². The topological polar surface area (TPSA) is 64.3 Å². The van der Waals surface area contributed by atoms with Gasteiger partial charge in [0.2, 0.25) is 0 Å². The van der Waals surface area contributed by atoms with E-state index in [0.717, 1.165) is 33.5 Å². The number of amides is 1. The quantitative estimate of drug-likeness (QED) is 0.255. The summed E-state index contributed by atoms with van der Waals surface area (Å²) in [6.45, 7) is 13.4. The van der Waals surface area contributed by atoms with E-state index >= 15 is 0 Å². The van der Waals surface area contributed by atoms with Gasteiger partial charge >= 0.3 is 6.09 Å². The molecule has 0 fully saturated rings. The zero-order chi connectivity index (χ0) is 25.3. The molecule has 0 saturated heterocycles. The lowest BCUT2D eigenvalue weighted by molar-refractivity contribution is 0.142. The highest BCUT2D eigenvalue weighted by Gasteiger charge is 2.29. The number of ether oxygens (including phenoxy) is 1. The standard InChI is InChI=1S/C30H34N2O2Si/c1-19-22(15-16-35(4,5)6)20(2)29(31)21(3)27(19)17-32-30(33)34-18-28-25-13-9-7-11-23(25)24-12-8-10-14-26(24)28/h7-14,28H,17-18,31H2,1-6H3,(H,32,33). The summed E-state index contributed by atoms with van der Waals surface area (Å²) in [5.74, 6) is 3.42. The Morgan fingerprint density at radius 3 is 2.09 bits per heavy atom. The zero-order valence-electron chi connectivity index (χ0n) is 21.5. The molecule has 4 nitrogen and oxygen atoms in total. The van der Waals surface area contributed by atoms with E-state index < -0.39 is 14.2 Å². The molecule has 0 atom stereocenters. The Morgan fingerprint density at radius 1 is 0.943 bits per heavy atom. The Bertz CT molecular complexity index is 1310. The number of fused-ring (bicyclic) bond motifs is 3. The number of anilines is 1. The van der Waals surface area contributed by atoms with Crippen molar-refractivity contribution in [1.82, 2.24) is 5.32 Å². The second kappa shape index (κ2) is 9.63. The summed E-state index contributed by atoms with van der Waals surface area (Å²) in [4.78, 5) is 12.7. The number of rotatable bonds is 4. The van der Waals surface area contributed by atoms with Crippen molar-refractivity contribution >= 4 is 19.9 Å². The molecule has 3 aromatic carbocycles. The number of carbonyl (C=O) groups excluding carboxylic acids is 1. The summed E-state index contributed by atoms with van der Waals surface area (Å²) in [5.41, 5.74) is 20.5. The molecule has 0 spiro atoms. The van der Waals surface area contributed by atoms with Crippen molar-refractivity contribution in [3.8, 4) is 22.6 Å². The molecule has 3 aromatic rings. The molecule has 0 saturated carbocycles. The van der Waals surface area contributed by atoms with Crippen LogP contribution in [0.25, 0.3) is 11.1 Å². The first kappa shape index (κ1) is 24.6. The highest BCUT2D eigenvalue weighted by molar-refractivity contribution is 6.83. The molecular formula is C30H34N2O2Si.